The number of nitrogens with zero attached hydrogens (tertiary/aromatic N) is 3. The molecule has 1 aliphatic heterocycles. The Morgan fingerprint density at radius 1 is 1.48 bits per heavy atom. The lowest BCUT2D eigenvalue weighted by Gasteiger charge is -2.24. The van der Waals surface area contributed by atoms with E-state index in [9.17, 15) is 0 Å². The summed E-state index contributed by atoms with van der Waals surface area (Å²) in [6.45, 7) is 4.01. The van der Waals surface area contributed by atoms with Crippen molar-refractivity contribution in [3.8, 4) is 0 Å². The number of nitrogens with one attached hydrogen (secondary N) is 1. The van der Waals surface area contributed by atoms with Crippen LogP contribution in [0.15, 0.2) is 17.3 Å². The van der Waals surface area contributed by atoms with Crippen LogP contribution in [-0.4, -0.2) is 62.0 Å². The second-order valence-corrected chi connectivity index (χ2v) is 6.56. The highest BCUT2D eigenvalue weighted by Gasteiger charge is 2.14. The fourth-order valence-corrected chi connectivity index (χ4v) is 3.06. The fourth-order valence-electron chi connectivity index (χ4n) is 2.79. The van der Waals surface area contributed by atoms with Crippen molar-refractivity contribution in [2.75, 3.05) is 40.5 Å². The molecular formula is C17H30ClIN4O2. The molecule has 0 atom stereocenters. The van der Waals surface area contributed by atoms with Gasteiger partial charge in [-0.3, -0.25) is 4.99 Å². The van der Waals surface area contributed by atoms with E-state index in [4.69, 9.17) is 21.1 Å². The number of aromatic nitrogens is 1. The quantitative estimate of drug-likeness (QED) is 0.280. The van der Waals surface area contributed by atoms with Gasteiger partial charge in [-0.1, -0.05) is 11.6 Å². The zero-order valence-corrected chi connectivity index (χ0v) is 18.4. The number of hydrogen-bond acceptors (Lipinski definition) is 3. The van der Waals surface area contributed by atoms with E-state index in [1.165, 1.54) is 0 Å². The van der Waals surface area contributed by atoms with Crippen molar-refractivity contribution in [3.05, 3.63) is 23.0 Å². The molecule has 6 nitrogen and oxygen atoms in total. The zero-order valence-electron chi connectivity index (χ0n) is 15.3. The molecule has 1 aliphatic rings. The maximum atomic E-state index is 6.04. The first kappa shape index (κ1) is 22.5. The molecule has 1 aromatic rings. The molecule has 1 fully saturated rings. The Hall–Kier alpha value is -0.510. The molecule has 8 heteroatoms. The molecule has 2 heterocycles. The zero-order chi connectivity index (χ0) is 17.4. The van der Waals surface area contributed by atoms with Crippen molar-refractivity contribution in [2.24, 2.45) is 12.0 Å². The Bertz CT molecular complexity index is 533. The second kappa shape index (κ2) is 12.0. The Morgan fingerprint density at radius 2 is 2.20 bits per heavy atom. The topological polar surface area (TPSA) is 51.0 Å². The Labute approximate surface area is 172 Å². The molecule has 0 aliphatic carbocycles. The summed E-state index contributed by atoms with van der Waals surface area (Å²) in [5, 5.41) is 4.14. The van der Waals surface area contributed by atoms with Crippen LogP contribution in [0.2, 0.25) is 5.02 Å². The SMILES string of the molecule is CN=C(NCCCOC1CCOCC1)N(C)Cc1cc(Cl)cn1C.I. The van der Waals surface area contributed by atoms with E-state index in [0.29, 0.717) is 6.10 Å². The molecule has 0 amide bonds. The molecule has 1 saturated heterocycles. The second-order valence-electron chi connectivity index (χ2n) is 6.13. The Balaban J connectivity index is 0.00000312. The van der Waals surface area contributed by atoms with Crippen LogP contribution in [0, 0.1) is 0 Å². The first-order chi connectivity index (χ1) is 11.6. The third-order valence-electron chi connectivity index (χ3n) is 4.17. The Kier molecular flexibility index (Phi) is 10.8. The van der Waals surface area contributed by atoms with Crippen molar-refractivity contribution in [1.29, 1.82) is 0 Å². The highest BCUT2D eigenvalue weighted by molar-refractivity contribution is 14.0. The van der Waals surface area contributed by atoms with E-state index in [1.807, 2.05) is 30.9 Å². The standard InChI is InChI=1S/C17H29ClN4O2.HI/c1-19-17(22(3)13-15-11-14(18)12-21(15)2)20-7-4-8-24-16-5-9-23-10-6-16;/h11-12,16H,4-10,13H2,1-3H3,(H,19,20);1H. The van der Waals surface area contributed by atoms with E-state index < -0.39 is 0 Å². The van der Waals surface area contributed by atoms with Crippen LogP contribution in [0.4, 0.5) is 0 Å². The summed E-state index contributed by atoms with van der Waals surface area (Å²) in [7, 11) is 5.82. The van der Waals surface area contributed by atoms with Crippen LogP contribution in [0.5, 0.6) is 0 Å². The van der Waals surface area contributed by atoms with Gasteiger partial charge in [0.05, 0.1) is 17.7 Å². The predicted molar refractivity (Wildman–Crippen MR) is 113 cm³/mol. The van der Waals surface area contributed by atoms with Gasteiger partial charge in [-0.15, -0.1) is 24.0 Å². The van der Waals surface area contributed by atoms with E-state index in [-0.39, 0.29) is 24.0 Å². The maximum Gasteiger partial charge on any atom is 0.193 e. The van der Waals surface area contributed by atoms with Crippen molar-refractivity contribution in [2.45, 2.75) is 31.9 Å². The van der Waals surface area contributed by atoms with E-state index >= 15 is 0 Å². The van der Waals surface area contributed by atoms with Crippen LogP contribution in [0.25, 0.3) is 0 Å². The molecule has 1 aromatic heterocycles. The van der Waals surface area contributed by atoms with E-state index in [1.54, 1.807) is 7.05 Å². The molecule has 0 unspecified atom stereocenters. The van der Waals surface area contributed by atoms with Gasteiger partial charge in [0.25, 0.3) is 0 Å². The summed E-state index contributed by atoms with van der Waals surface area (Å²) in [6, 6.07) is 1.98. The average molecular weight is 485 g/mol. The number of ether oxygens (including phenoxy) is 2. The van der Waals surface area contributed by atoms with Crippen molar-refractivity contribution in [3.63, 3.8) is 0 Å². The summed E-state index contributed by atoms with van der Waals surface area (Å²) in [5.74, 6) is 0.874. The van der Waals surface area contributed by atoms with Gasteiger partial charge < -0.3 is 24.3 Å². The van der Waals surface area contributed by atoms with Crippen LogP contribution in [0.3, 0.4) is 0 Å². The first-order valence-corrected chi connectivity index (χ1v) is 8.90. The van der Waals surface area contributed by atoms with Crippen LogP contribution in [-0.2, 0) is 23.1 Å². The minimum absolute atomic E-state index is 0. The van der Waals surface area contributed by atoms with Gasteiger partial charge in [-0.2, -0.15) is 0 Å². The molecule has 0 aromatic carbocycles. The average Bonchev–Trinajstić information content (AvgIpc) is 2.89. The van der Waals surface area contributed by atoms with Gasteiger partial charge in [-0.05, 0) is 25.3 Å². The molecule has 0 radical (unpaired) electrons. The van der Waals surface area contributed by atoms with Gasteiger partial charge in [0, 0.05) is 59.4 Å². The van der Waals surface area contributed by atoms with Crippen molar-refractivity contribution < 1.29 is 9.47 Å². The normalized spacial score (nSPS) is 15.8. The summed E-state index contributed by atoms with van der Waals surface area (Å²) in [4.78, 5) is 6.43. The molecule has 25 heavy (non-hydrogen) atoms. The van der Waals surface area contributed by atoms with Gasteiger partial charge in [0.1, 0.15) is 0 Å². The highest BCUT2D eigenvalue weighted by Crippen LogP contribution is 2.14. The number of guanidine groups is 1. The number of halogens is 2. The lowest BCUT2D eigenvalue weighted by molar-refractivity contribution is -0.0320. The Morgan fingerprint density at radius 3 is 2.80 bits per heavy atom. The first-order valence-electron chi connectivity index (χ1n) is 8.52. The van der Waals surface area contributed by atoms with Crippen LogP contribution < -0.4 is 5.32 Å². The van der Waals surface area contributed by atoms with Crippen molar-refractivity contribution in [1.82, 2.24) is 14.8 Å². The molecule has 144 valence electrons. The number of aliphatic imine (C=N–C) groups is 1. The number of aryl methyl sites for hydroxylation is 1. The smallest absolute Gasteiger partial charge is 0.193 e. The largest absolute Gasteiger partial charge is 0.381 e. The van der Waals surface area contributed by atoms with Gasteiger partial charge in [-0.25, -0.2) is 0 Å². The molecular weight excluding hydrogens is 455 g/mol. The molecule has 2 rings (SSSR count). The monoisotopic (exact) mass is 484 g/mol. The van der Waals surface area contributed by atoms with Crippen LogP contribution >= 0.6 is 35.6 Å². The molecule has 0 spiro atoms. The van der Waals surface area contributed by atoms with E-state index in [2.05, 4.69) is 15.2 Å². The summed E-state index contributed by atoms with van der Waals surface area (Å²) >= 11 is 6.04. The molecule has 0 saturated carbocycles. The predicted octanol–water partition coefficient (Wildman–Crippen LogP) is 2.89. The van der Waals surface area contributed by atoms with Gasteiger partial charge in [0.2, 0.25) is 0 Å². The number of rotatable bonds is 7. The molecule has 1 N–H and O–H groups in total. The maximum absolute atomic E-state index is 6.04. The third kappa shape index (κ3) is 7.72. The summed E-state index contributed by atoms with van der Waals surface area (Å²) < 4.78 is 13.3. The summed E-state index contributed by atoms with van der Waals surface area (Å²) in [6.07, 6.45) is 5.26. The minimum Gasteiger partial charge on any atom is -0.381 e. The highest BCUT2D eigenvalue weighted by atomic mass is 127. The fraction of sp³-hybridized carbons (Fsp3) is 0.706. The third-order valence-corrected chi connectivity index (χ3v) is 4.38. The van der Waals surface area contributed by atoms with Gasteiger partial charge in [0.15, 0.2) is 5.96 Å². The lowest BCUT2D eigenvalue weighted by Crippen LogP contribution is -2.39. The van der Waals surface area contributed by atoms with Gasteiger partial charge >= 0.3 is 0 Å². The lowest BCUT2D eigenvalue weighted by atomic mass is 10.1. The summed E-state index contributed by atoms with van der Waals surface area (Å²) in [5.41, 5.74) is 1.15. The molecule has 0 bridgehead atoms. The van der Waals surface area contributed by atoms with Crippen molar-refractivity contribution >= 4 is 41.5 Å². The van der Waals surface area contributed by atoms with Crippen LogP contribution in [0.1, 0.15) is 25.0 Å². The van der Waals surface area contributed by atoms with E-state index in [0.717, 1.165) is 68.8 Å². The minimum atomic E-state index is 0. The number of hydrogen-bond donors (Lipinski definition) is 1.